The molecule has 47 heavy (non-hydrogen) atoms. The molecule has 5 aromatic rings. The Hall–Kier alpha value is -3.57. The van der Waals surface area contributed by atoms with Crippen molar-refractivity contribution in [1.29, 1.82) is 0 Å². The van der Waals surface area contributed by atoms with Gasteiger partial charge in [-0.2, -0.15) is 4.31 Å². The molecule has 0 aliphatic heterocycles. The molecule has 5 aromatic carbocycles. The number of nitrogens with zero attached hydrogens (tertiary/aromatic N) is 3. The zero-order valence-electron chi connectivity index (χ0n) is 24.4. The van der Waals surface area contributed by atoms with E-state index in [9.17, 15) is 22.1 Å². The van der Waals surface area contributed by atoms with Gasteiger partial charge in [0.05, 0.1) is 15.6 Å². The van der Waals surface area contributed by atoms with E-state index < -0.39 is 21.7 Å². The van der Waals surface area contributed by atoms with E-state index in [1.165, 1.54) is 65.0 Å². The van der Waals surface area contributed by atoms with E-state index in [0.29, 0.717) is 38.0 Å². The third kappa shape index (κ3) is 8.87. The van der Waals surface area contributed by atoms with Crippen LogP contribution in [-0.4, -0.2) is 12.7 Å². The van der Waals surface area contributed by atoms with Crippen LogP contribution in [0.4, 0.5) is 20.2 Å². The van der Waals surface area contributed by atoms with Crippen LogP contribution in [0.3, 0.4) is 0 Å². The second-order valence-electron chi connectivity index (χ2n) is 10.7. The predicted octanol–water partition coefficient (Wildman–Crippen LogP) is 10.6. The lowest BCUT2D eigenvalue weighted by atomic mass is 10.1. The van der Waals surface area contributed by atoms with E-state index in [1.807, 2.05) is 0 Å². The molecule has 0 fully saturated rings. The molecular weight excluding hydrogens is 710 g/mol. The van der Waals surface area contributed by atoms with Gasteiger partial charge in [0.25, 0.3) is 0 Å². The molecule has 0 aliphatic carbocycles. The number of sulfonamides is 1. The van der Waals surface area contributed by atoms with Crippen LogP contribution in [0.1, 0.15) is 22.3 Å². The molecule has 0 unspecified atom stereocenters. The van der Waals surface area contributed by atoms with E-state index in [-0.39, 0.29) is 46.8 Å². The van der Waals surface area contributed by atoms with Crippen LogP contribution in [-0.2, 0) is 36.2 Å². The standard InChI is InChI=1S/C34H25Cl4F2N3O3S/c35-26-12-25(13-27(36)15-26)21-43(20-23-6-10-30(40)11-7-23)47(45,46)31-3-1-2-24(14-31)19-42(18-22-4-8-29(39)9-5-22)33-17-28(37)16-32(38)34(33)41-44/h1-17H,18-21H2. The highest BCUT2D eigenvalue weighted by Gasteiger charge is 2.26. The molecule has 0 aliphatic rings. The first-order valence-electron chi connectivity index (χ1n) is 14.0. The van der Waals surface area contributed by atoms with Crippen LogP contribution in [0.25, 0.3) is 0 Å². The summed E-state index contributed by atoms with van der Waals surface area (Å²) in [5.41, 5.74) is 2.65. The molecule has 0 heterocycles. The summed E-state index contributed by atoms with van der Waals surface area (Å²) < 4.78 is 57.1. The summed E-state index contributed by atoms with van der Waals surface area (Å²) in [6.07, 6.45) is 0. The Morgan fingerprint density at radius 2 is 1.13 bits per heavy atom. The lowest BCUT2D eigenvalue weighted by Crippen LogP contribution is -2.30. The van der Waals surface area contributed by atoms with Gasteiger partial charge in [0, 0.05) is 41.2 Å². The lowest BCUT2D eigenvalue weighted by molar-refractivity contribution is 0.401. The molecule has 0 spiro atoms. The zero-order valence-corrected chi connectivity index (χ0v) is 28.2. The summed E-state index contributed by atoms with van der Waals surface area (Å²) in [4.78, 5) is 13.6. The zero-order chi connectivity index (χ0) is 33.7. The number of hydrogen-bond acceptors (Lipinski definition) is 5. The van der Waals surface area contributed by atoms with Gasteiger partial charge in [0.2, 0.25) is 10.0 Å². The summed E-state index contributed by atoms with van der Waals surface area (Å²) in [5, 5.41) is 4.12. The first kappa shape index (κ1) is 34.8. The van der Waals surface area contributed by atoms with Gasteiger partial charge in [-0.3, -0.25) is 0 Å². The van der Waals surface area contributed by atoms with Gasteiger partial charge in [0.15, 0.2) is 0 Å². The molecule has 0 aromatic heterocycles. The molecule has 0 N–H and O–H groups in total. The van der Waals surface area contributed by atoms with E-state index in [1.54, 1.807) is 47.4 Å². The quantitative estimate of drug-likeness (QED) is 0.120. The first-order valence-corrected chi connectivity index (χ1v) is 17.0. The van der Waals surface area contributed by atoms with E-state index in [4.69, 9.17) is 46.4 Å². The van der Waals surface area contributed by atoms with Crippen molar-refractivity contribution in [3.63, 3.8) is 0 Å². The molecule has 0 atom stereocenters. The van der Waals surface area contributed by atoms with Gasteiger partial charge in [-0.1, -0.05) is 82.8 Å². The highest BCUT2D eigenvalue weighted by molar-refractivity contribution is 7.89. The van der Waals surface area contributed by atoms with Crippen LogP contribution in [0.5, 0.6) is 0 Å². The lowest BCUT2D eigenvalue weighted by Gasteiger charge is -2.27. The maximum atomic E-state index is 14.2. The minimum absolute atomic E-state index is 0.00942. The SMILES string of the molecule is O=Nc1c(Cl)cc(Cl)cc1N(Cc1ccc(F)cc1)Cc1cccc(S(=O)(=O)N(Cc2ccc(F)cc2)Cc2cc(Cl)cc(Cl)c2)c1. The van der Waals surface area contributed by atoms with Crippen molar-refractivity contribution in [2.75, 3.05) is 4.90 Å². The van der Waals surface area contributed by atoms with Crippen LogP contribution >= 0.6 is 46.4 Å². The van der Waals surface area contributed by atoms with Gasteiger partial charge in [-0.05, 0) is 94.2 Å². The molecule has 0 bridgehead atoms. The van der Waals surface area contributed by atoms with Gasteiger partial charge < -0.3 is 4.90 Å². The van der Waals surface area contributed by atoms with Crippen molar-refractivity contribution in [3.05, 3.63) is 162 Å². The van der Waals surface area contributed by atoms with Gasteiger partial charge in [0.1, 0.15) is 17.3 Å². The maximum Gasteiger partial charge on any atom is 0.243 e. The summed E-state index contributed by atoms with van der Waals surface area (Å²) in [6.45, 7) is 0.143. The average Bonchev–Trinajstić information content (AvgIpc) is 3.02. The predicted molar refractivity (Wildman–Crippen MR) is 184 cm³/mol. The fraction of sp³-hybridized carbons (Fsp3) is 0.118. The van der Waals surface area contributed by atoms with E-state index in [0.717, 1.165) is 0 Å². The number of benzene rings is 5. The topological polar surface area (TPSA) is 70.0 Å². The molecule has 0 radical (unpaired) electrons. The average molecular weight is 735 g/mol. The Balaban J connectivity index is 1.53. The van der Waals surface area contributed by atoms with E-state index in [2.05, 4.69) is 5.18 Å². The monoisotopic (exact) mass is 733 g/mol. The minimum Gasteiger partial charge on any atom is -0.361 e. The summed E-state index contributed by atoms with van der Waals surface area (Å²) in [7, 11) is -4.16. The van der Waals surface area contributed by atoms with Gasteiger partial charge in [-0.25, -0.2) is 17.2 Å². The second kappa shape index (κ2) is 15.1. The van der Waals surface area contributed by atoms with E-state index >= 15 is 0 Å². The van der Waals surface area contributed by atoms with Crippen LogP contribution in [0, 0.1) is 16.5 Å². The van der Waals surface area contributed by atoms with Crippen molar-refractivity contribution >= 4 is 67.8 Å². The molecule has 242 valence electrons. The Labute approximate surface area is 291 Å². The molecule has 5 rings (SSSR count). The number of hydrogen-bond donors (Lipinski definition) is 0. The van der Waals surface area contributed by atoms with Crippen LogP contribution in [0.2, 0.25) is 20.1 Å². The molecule has 6 nitrogen and oxygen atoms in total. The smallest absolute Gasteiger partial charge is 0.243 e. The highest BCUT2D eigenvalue weighted by Crippen LogP contribution is 2.40. The van der Waals surface area contributed by atoms with Gasteiger partial charge >= 0.3 is 0 Å². The Kier molecular flexibility index (Phi) is 11.2. The largest absolute Gasteiger partial charge is 0.361 e. The Bertz CT molecular complexity index is 2000. The number of anilines is 1. The van der Waals surface area contributed by atoms with Gasteiger partial charge in [-0.15, -0.1) is 4.91 Å². The molecule has 0 saturated carbocycles. The van der Waals surface area contributed by atoms with Crippen LogP contribution < -0.4 is 4.90 Å². The number of nitroso groups, excluding NO2 is 1. The summed E-state index contributed by atoms with van der Waals surface area (Å²) in [6, 6.07) is 25.4. The minimum atomic E-state index is -4.16. The van der Waals surface area contributed by atoms with Crippen LogP contribution in [0.15, 0.2) is 113 Å². The molecule has 13 heteroatoms. The third-order valence-electron chi connectivity index (χ3n) is 7.19. The third-order valence-corrected chi connectivity index (χ3v) is 9.92. The molecular formula is C34H25Cl4F2N3O3S. The summed E-state index contributed by atoms with van der Waals surface area (Å²) in [5.74, 6) is -0.860. The highest BCUT2D eigenvalue weighted by atomic mass is 35.5. The molecule has 0 amide bonds. The fourth-order valence-electron chi connectivity index (χ4n) is 5.02. The Morgan fingerprint density at radius 3 is 1.72 bits per heavy atom. The molecule has 0 saturated heterocycles. The van der Waals surface area contributed by atoms with Crippen molar-refractivity contribution in [2.45, 2.75) is 31.1 Å². The van der Waals surface area contributed by atoms with Crippen molar-refractivity contribution in [2.24, 2.45) is 5.18 Å². The first-order chi connectivity index (χ1) is 22.4. The number of halogens is 6. The second-order valence-corrected chi connectivity index (χ2v) is 14.3. The van der Waals surface area contributed by atoms with Crippen molar-refractivity contribution in [1.82, 2.24) is 4.31 Å². The summed E-state index contributed by atoms with van der Waals surface area (Å²) >= 11 is 25.0. The maximum absolute atomic E-state index is 14.2. The number of rotatable bonds is 12. The van der Waals surface area contributed by atoms with Crippen molar-refractivity contribution < 1.29 is 17.2 Å². The fourth-order valence-corrected chi connectivity index (χ4v) is 7.59. The normalized spacial score (nSPS) is 11.6. The Morgan fingerprint density at radius 1 is 0.596 bits per heavy atom. The van der Waals surface area contributed by atoms with Crippen molar-refractivity contribution in [3.8, 4) is 0 Å².